The van der Waals surface area contributed by atoms with E-state index in [1.54, 1.807) is 12.1 Å². The molecule has 110 valence electrons. The highest BCUT2D eigenvalue weighted by molar-refractivity contribution is 5.93. The molecule has 1 aromatic heterocycles. The number of hydrogen-bond donors (Lipinski definition) is 0. The zero-order chi connectivity index (χ0) is 15.1. The molecule has 6 nitrogen and oxygen atoms in total. The van der Waals surface area contributed by atoms with Crippen molar-refractivity contribution in [1.82, 2.24) is 4.98 Å². The van der Waals surface area contributed by atoms with Gasteiger partial charge < -0.3 is 18.9 Å². The van der Waals surface area contributed by atoms with Crippen LogP contribution in [0.15, 0.2) is 18.7 Å². The van der Waals surface area contributed by atoms with Gasteiger partial charge in [-0.2, -0.15) is 0 Å². The molecule has 0 aromatic carbocycles. The first-order chi connectivity index (χ1) is 9.58. The molecule has 0 aliphatic rings. The van der Waals surface area contributed by atoms with Gasteiger partial charge in [-0.1, -0.05) is 6.58 Å². The number of pyridine rings is 1. The van der Waals surface area contributed by atoms with Gasteiger partial charge in [-0.3, -0.25) is 0 Å². The lowest BCUT2D eigenvalue weighted by atomic mass is 10.1. The Hall–Kier alpha value is -1.92. The highest BCUT2D eigenvalue weighted by Crippen LogP contribution is 2.22. The molecular formula is C14H19NO5. The number of aromatic nitrogens is 1. The summed E-state index contributed by atoms with van der Waals surface area (Å²) in [6.07, 6.45) is -0.630. The normalized spacial score (nSPS) is 10.4. The molecule has 0 amide bonds. The van der Waals surface area contributed by atoms with E-state index in [2.05, 4.69) is 11.6 Å². The van der Waals surface area contributed by atoms with Gasteiger partial charge in [-0.15, -0.1) is 0 Å². The Bertz CT molecular complexity index is 482. The Morgan fingerprint density at radius 3 is 2.45 bits per heavy atom. The van der Waals surface area contributed by atoms with Crippen molar-refractivity contribution in [3.63, 3.8) is 0 Å². The van der Waals surface area contributed by atoms with Gasteiger partial charge in [0.05, 0.1) is 25.0 Å². The quantitative estimate of drug-likeness (QED) is 0.433. The fraction of sp³-hybridized carbons (Fsp3) is 0.429. The van der Waals surface area contributed by atoms with Crippen LogP contribution in [0.2, 0.25) is 0 Å². The van der Waals surface area contributed by atoms with Gasteiger partial charge in [-0.25, -0.2) is 9.78 Å². The van der Waals surface area contributed by atoms with Crippen LogP contribution in [0.5, 0.6) is 0 Å². The summed E-state index contributed by atoms with van der Waals surface area (Å²) in [5.41, 5.74) is 1.11. The minimum atomic E-state index is -0.630. The summed E-state index contributed by atoms with van der Waals surface area (Å²) in [7, 11) is 4.30. The Labute approximate surface area is 118 Å². The average Bonchev–Trinajstić information content (AvgIpc) is 2.47. The number of nitrogens with zero attached hydrogens (tertiary/aromatic N) is 1. The number of hydrogen-bond acceptors (Lipinski definition) is 6. The number of methoxy groups -OCH3 is 3. The molecule has 0 fully saturated rings. The largest absolute Gasteiger partial charge is 0.492 e. The van der Waals surface area contributed by atoms with E-state index in [0.29, 0.717) is 23.8 Å². The van der Waals surface area contributed by atoms with Gasteiger partial charge >= 0.3 is 5.97 Å². The lowest BCUT2D eigenvalue weighted by Crippen LogP contribution is -2.13. The topological polar surface area (TPSA) is 66.9 Å². The van der Waals surface area contributed by atoms with Crippen LogP contribution in [0.25, 0.3) is 5.76 Å². The molecule has 1 heterocycles. The van der Waals surface area contributed by atoms with Crippen LogP contribution in [-0.2, 0) is 18.9 Å². The summed E-state index contributed by atoms with van der Waals surface area (Å²) < 4.78 is 20.3. The Morgan fingerprint density at radius 2 is 1.95 bits per heavy atom. The second-order valence-corrected chi connectivity index (χ2v) is 3.78. The van der Waals surface area contributed by atoms with Gasteiger partial charge in [0.1, 0.15) is 11.5 Å². The van der Waals surface area contributed by atoms with E-state index in [4.69, 9.17) is 18.9 Å². The van der Waals surface area contributed by atoms with Crippen molar-refractivity contribution in [2.75, 3.05) is 27.9 Å². The summed E-state index contributed by atoms with van der Waals surface area (Å²) in [5.74, 6) is -0.216. The van der Waals surface area contributed by atoms with Crippen molar-refractivity contribution >= 4 is 11.7 Å². The monoisotopic (exact) mass is 281 g/mol. The number of carbonyl (C=O) groups excluding carboxylic acids is 1. The molecule has 0 radical (unpaired) electrons. The summed E-state index contributed by atoms with van der Waals surface area (Å²) in [4.78, 5) is 16.1. The average molecular weight is 281 g/mol. The third-order valence-corrected chi connectivity index (χ3v) is 2.57. The first kappa shape index (κ1) is 16.1. The summed E-state index contributed by atoms with van der Waals surface area (Å²) in [6, 6.07) is 3.21. The zero-order valence-electron chi connectivity index (χ0n) is 12.1. The van der Waals surface area contributed by atoms with Crippen molar-refractivity contribution in [2.24, 2.45) is 0 Å². The summed E-state index contributed by atoms with van der Waals surface area (Å²) in [6.45, 7) is 6.01. The molecule has 0 saturated heterocycles. The highest BCUT2D eigenvalue weighted by atomic mass is 16.7. The van der Waals surface area contributed by atoms with Crippen LogP contribution in [-0.4, -0.2) is 38.9 Å². The standard InChI is InChI=1S/C14H19NO5/c1-6-20-9(2)12-10(13(16)17-3)7-8-11(15-12)14(18-4)19-5/h7-8,14H,2,6H2,1,3-5H3. The fourth-order valence-electron chi connectivity index (χ4n) is 1.67. The Kier molecular flexibility index (Phi) is 6.14. The van der Waals surface area contributed by atoms with E-state index < -0.39 is 12.3 Å². The van der Waals surface area contributed by atoms with E-state index in [1.165, 1.54) is 21.3 Å². The molecule has 0 atom stereocenters. The maximum Gasteiger partial charge on any atom is 0.340 e. The van der Waals surface area contributed by atoms with Crippen molar-refractivity contribution in [3.8, 4) is 0 Å². The Morgan fingerprint density at radius 1 is 1.30 bits per heavy atom. The Balaban J connectivity index is 3.27. The van der Waals surface area contributed by atoms with Crippen molar-refractivity contribution < 1.29 is 23.7 Å². The fourth-order valence-corrected chi connectivity index (χ4v) is 1.67. The van der Waals surface area contributed by atoms with Crippen LogP contribution in [0, 0.1) is 0 Å². The van der Waals surface area contributed by atoms with Gasteiger partial charge in [0.25, 0.3) is 0 Å². The zero-order valence-corrected chi connectivity index (χ0v) is 12.1. The van der Waals surface area contributed by atoms with Gasteiger partial charge in [0.2, 0.25) is 6.29 Å². The molecule has 0 spiro atoms. The lowest BCUT2D eigenvalue weighted by molar-refractivity contribution is -0.108. The third-order valence-electron chi connectivity index (χ3n) is 2.57. The van der Waals surface area contributed by atoms with Crippen LogP contribution in [0.3, 0.4) is 0 Å². The van der Waals surface area contributed by atoms with Crippen LogP contribution >= 0.6 is 0 Å². The van der Waals surface area contributed by atoms with E-state index in [-0.39, 0.29) is 5.56 Å². The first-order valence-electron chi connectivity index (χ1n) is 6.05. The second-order valence-electron chi connectivity index (χ2n) is 3.78. The molecule has 0 aliphatic heterocycles. The molecule has 1 rings (SSSR count). The smallest absolute Gasteiger partial charge is 0.340 e. The number of ether oxygens (including phenoxy) is 4. The summed E-state index contributed by atoms with van der Waals surface area (Å²) >= 11 is 0. The van der Waals surface area contributed by atoms with Crippen LogP contribution in [0.4, 0.5) is 0 Å². The van der Waals surface area contributed by atoms with Crippen LogP contribution in [0.1, 0.15) is 35.0 Å². The molecular weight excluding hydrogens is 262 g/mol. The molecule has 1 aromatic rings. The minimum absolute atomic E-state index is 0.278. The molecule has 6 heteroatoms. The van der Waals surface area contributed by atoms with Gasteiger partial charge in [0.15, 0.2) is 0 Å². The first-order valence-corrected chi connectivity index (χ1v) is 6.05. The SMILES string of the molecule is C=C(OCC)c1nc(C(OC)OC)ccc1C(=O)OC. The maximum absolute atomic E-state index is 11.7. The highest BCUT2D eigenvalue weighted by Gasteiger charge is 2.20. The van der Waals surface area contributed by atoms with Crippen molar-refractivity contribution in [2.45, 2.75) is 13.2 Å². The molecule has 0 unspecified atom stereocenters. The van der Waals surface area contributed by atoms with Crippen molar-refractivity contribution in [3.05, 3.63) is 35.7 Å². The summed E-state index contributed by atoms with van der Waals surface area (Å²) in [5, 5.41) is 0. The van der Waals surface area contributed by atoms with E-state index in [9.17, 15) is 4.79 Å². The van der Waals surface area contributed by atoms with Crippen molar-refractivity contribution in [1.29, 1.82) is 0 Å². The predicted molar refractivity (Wildman–Crippen MR) is 73.0 cm³/mol. The van der Waals surface area contributed by atoms with E-state index >= 15 is 0 Å². The molecule has 0 bridgehead atoms. The number of rotatable bonds is 7. The third kappa shape index (κ3) is 3.55. The molecule has 20 heavy (non-hydrogen) atoms. The second kappa shape index (κ2) is 7.62. The van der Waals surface area contributed by atoms with Crippen LogP contribution < -0.4 is 0 Å². The maximum atomic E-state index is 11.7. The molecule has 0 N–H and O–H groups in total. The van der Waals surface area contributed by atoms with Gasteiger partial charge in [0, 0.05) is 14.2 Å². The van der Waals surface area contributed by atoms with Gasteiger partial charge in [-0.05, 0) is 19.1 Å². The van der Waals surface area contributed by atoms with E-state index in [0.717, 1.165) is 0 Å². The predicted octanol–water partition coefficient (Wildman–Crippen LogP) is 2.17. The number of esters is 1. The van der Waals surface area contributed by atoms with E-state index in [1.807, 2.05) is 6.92 Å². The minimum Gasteiger partial charge on any atom is -0.492 e. The molecule has 0 aliphatic carbocycles. The number of carbonyl (C=O) groups is 1. The molecule has 0 saturated carbocycles. The lowest BCUT2D eigenvalue weighted by Gasteiger charge is -2.16.